The summed E-state index contributed by atoms with van der Waals surface area (Å²) >= 11 is 12.4. The van der Waals surface area contributed by atoms with E-state index < -0.39 is 0 Å². The van der Waals surface area contributed by atoms with E-state index in [1.54, 1.807) is 0 Å². The van der Waals surface area contributed by atoms with Gasteiger partial charge < -0.3 is 9.64 Å². The normalized spacial score (nSPS) is 11.0. The van der Waals surface area contributed by atoms with Crippen LogP contribution in [0.15, 0.2) is 30.3 Å². The molecule has 0 saturated carbocycles. The maximum absolute atomic E-state index is 6.21. The molecule has 0 amide bonds. The molecule has 0 fully saturated rings. The van der Waals surface area contributed by atoms with E-state index in [2.05, 4.69) is 24.0 Å². The van der Waals surface area contributed by atoms with Crippen molar-refractivity contribution in [3.05, 3.63) is 57.3 Å². The minimum Gasteiger partial charge on any atom is -0.491 e. The first-order chi connectivity index (χ1) is 11.5. The summed E-state index contributed by atoms with van der Waals surface area (Å²) in [4.78, 5) is 6.69. The van der Waals surface area contributed by atoms with Crippen LogP contribution >= 0.6 is 35.6 Å². The van der Waals surface area contributed by atoms with Crippen LogP contribution in [0, 0.1) is 6.92 Å². The number of halogens is 3. The van der Waals surface area contributed by atoms with E-state index in [1.165, 1.54) is 0 Å². The van der Waals surface area contributed by atoms with Gasteiger partial charge in [-0.1, -0.05) is 29.3 Å². The summed E-state index contributed by atoms with van der Waals surface area (Å²) in [5.74, 6) is 0.763. The number of hydrogen-bond acceptors (Lipinski definition) is 3. The summed E-state index contributed by atoms with van der Waals surface area (Å²) in [5.41, 5.74) is 2.49. The van der Waals surface area contributed by atoms with E-state index in [9.17, 15) is 0 Å². The van der Waals surface area contributed by atoms with Gasteiger partial charge in [-0.3, -0.25) is 0 Å². The van der Waals surface area contributed by atoms with Gasteiger partial charge in [0.25, 0.3) is 0 Å². The van der Waals surface area contributed by atoms with Crippen molar-refractivity contribution in [1.29, 1.82) is 0 Å². The fourth-order valence-electron chi connectivity index (χ4n) is 2.20. The van der Waals surface area contributed by atoms with Crippen molar-refractivity contribution >= 4 is 47.8 Å². The van der Waals surface area contributed by atoms with E-state index >= 15 is 0 Å². The molecule has 2 rings (SSSR count). The molecular weight excluding hydrogens is 379 g/mol. The highest BCUT2D eigenvalue weighted by molar-refractivity contribution is 6.37. The minimum absolute atomic E-state index is 0. The van der Waals surface area contributed by atoms with Crippen LogP contribution in [0.1, 0.15) is 23.4 Å². The highest BCUT2D eigenvalue weighted by atomic mass is 35.5. The zero-order valence-electron chi connectivity index (χ0n) is 14.6. The Bertz CT molecular complexity index is 698. The Hall–Kier alpha value is -1.26. The molecule has 0 aliphatic carbocycles. The summed E-state index contributed by atoms with van der Waals surface area (Å²) in [6.07, 6.45) is 4.72. The van der Waals surface area contributed by atoms with E-state index in [-0.39, 0.29) is 12.4 Å². The Kier molecular flexibility index (Phi) is 9.30. The quantitative estimate of drug-likeness (QED) is 0.563. The molecule has 136 valence electrons. The van der Waals surface area contributed by atoms with Crippen molar-refractivity contribution in [3.63, 3.8) is 0 Å². The van der Waals surface area contributed by atoms with E-state index in [0.717, 1.165) is 35.7 Å². The number of aryl methyl sites for hydroxylation is 1. The summed E-state index contributed by atoms with van der Waals surface area (Å²) in [5, 5.41) is 1.22. The fourth-order valence-corrected chi connectivity index (χ4v) is 2.72. The molecule has 1 aromatic heterocycles. The molecule has 1 heterocycles. The van der Waals surface area contributed by atoms with Crippen LogP contribution < -0.4 is 4.74 Å². The molecule has 0 saturated heterocycles. The van der Waals surface area contributed by atoms with Crippen molar-refractivity contribution in [2.24, 2.45) is 0 Å². The van der Waals surface area contributed by atoms with E-state index in [4.69, 9.17) is 27.9 Å². The molecule has 0 bridgehead atoms. The highest BCUT2D eigenvalue weighted by Gasteiger charge is 2.06. The third-order valence-electron chi connectivity index (χ3n) is 3.44. The first kappa shape index (κ1) is 21.8. The molecule has 6 heteroatoms. The van der Waals surface area contributed by atoms with Crippen molar-refractivity contribution in [2.75, 3.05) is 27.2 Å². The van der Waals surface area contributed by atoms with Gasteiger partial charge in [0.05, 0.1) is 6.61 Å². The predicted octanol–water partition coefficient (Wildman–Crippen LogP) is 5.62. The molecule has 0 spiro atoms. The van der Waals surface area contributed by atoms with Gasteiger partial charge in [0, 0.05) is 27.8 Å². The molecule has 2 aromatic rings. The summed E-state index contributed by atoms with van der Waals surface area (Å²) in [6.45, 7) is 3.59. The zero-order chi connectivity index (χ0) is 17.5. The van der Waals surface area contributed by atoms with Crippen molar-refractivity contribution in [2.45, 2.75) is 13.3 Å². The van der Waals surface area contributed by atoms with Gasteiger partial charge in [0.2, 0.25) is 0 Å². The van der Waals surface area contributed by atoms with Crippen molar-refractivity contribution in [1.82, 2.24) is 9.88 Å². The molecule has 3 nitrogen and oxygen atoms in total. The Morgan fingerprint density at radius 1 is 1.08 bits per heavy atom. The second kappa shape index (κ2) is 10.7. The maximum Gasteiger partial charge on any atom is 0.144 e. The lowest BCUT2D eigenvalue weighted by Gasteiger charge is -2.12. The highest BCUT2D eigenvalue weighted by Crippen LogP contribution is 2.27. The molecular formula is C19H23Cl3N2O. The van der Waals surface area contributed by atoms with Crippen LogP contribution in [0.3, 0.4) is 0 Å². The smallest absolute Gasteiger partial charge is 0.144 e. The number of nitrogens with zero attached hydrogens (tertiary/aromatic N) is 2. The summed E-state index contributed by atoms with van der Waals surface area (Å²) in [6, 6.07) is 9.35. The van der Waals surface area contributed by atoms with Crippen molar-refractivity contribution in [3.8, 4) is 5.75 Å². The molecule has 0 atom stereocenters. The van der Waals surface area contributed by atoms with Crippen LogP contribution in [-0.4, -0.2) is 37.1 Å². The number of ether oxygens (including phenoxy) is 1. The van der Waals surface area contributed by atoms with Gasteiger partial charge in [-0.05, 0) is 63.9 Å². The fraction of sp³-hybridized carbons (Fsp3) is 0.316. The summed E-state index contributed by atoms with van der Waals surface area (Å²) in [7, 11) is 4.10. The van der Waals surface area contributed by atoms with Gasteiger partial charge in [0.1, 0.15) is 11.4 Å². The molecule has 0 aliphatic heterocycles. The third-order valence-corrected chi connectivity index (χ3v) is 4.10. The number of pyridine rings is 1. The van der Waals surface area contributed by atoms with Crippen LogP contribution in [0.5, 0.6) is 5.75 Å². The Morgan fingerprint density at radius 2 is 1.76 bits per heavy atom. The average molecular weight is 402 g/mol. The van der Waals surface area contributed by atoms with Gasteiger partial charge >= 0.3 is 0 Å². The molecule has 1 aromatic carbocycles. The first-order valence-electron chi connectivity index (χ1n) is 7.84. The second-order valence-electron chi connectivity index (χ2n) is 5.81. The third kappa shape index (κ3) is 6.87. The number of aromatic nitrogens is 1. The topological polar surface area (TPSA) is 25.4 Å². The monoisotopic (exact) mass is 400 g/mol. The van der Waals surface area contributed by atoms with E-state index in [0.29, 0.717) is 16.7 Å². The SMILES string of the molecule is Cc1ccc(OCCCN(C)C)c(C=Cc2c(Cl)cccc2Cl)n1.Cl. The molecule has 0 radical (unpaired) electrons. The van der Waals surface area contributed by atoms with Crippen LogP contribution in [0.4, 0.5) is 0 Å². The van der Waals surface area contributed by atoms with Gasteiger partial charge in [-0.15, -0.1) is 12.4 Å². The first-order valence-corrected chi connectivity index (χ1v) is 8.60. The predicted molar refractivity (Wildman–Crippen MR) is 110 cm³/mol. The standard InChI is InChI=1S/C19H22Cl2N2O.ClH/c1-14-8-11-19(24-13-5-12-23(2)3)18(22-14)10-9-15-16(20)6-4-7-17(15)21;/h4,6-11H,5,12-13H2,1-3H3;1H. The van der Waals surface area contributed by atoms with Crippen LogP contribution in [-0.2, 0) is 0 Å². The zero-order valence-corrected chi connectivity index (χ0v) is 17.0. The van der Waals surface area contributed by atoms with Crippen LogP contribution in [0.2, 0.25) is 10.0 Å². The average Bonchev–Trinajstić information content (AvgIpc) is 2.52. The van der Waals surface area contributed by atoms with Gasteiger partial charge in [0.15, 0.2) is 0 Å². The molecule has 0 unspecified atom stereocenters. The lowest BCUT2D eigenvalue weighted by molar-refractivity contribution is 0.280. The van der Waals surface area contributed by atoms with Gasteiger partial charge in [-0.2, -0.15) is 0 Å². The van der Waals surface area contributed by atoms with Gasteiger partial charge in [-0.25, -0.2) is 4.98 Å². The number of hydrogen-bond donors (Lipinski definition) is 0. The Balaban J connectivity index is 0.00000312. The van der Waals surface area contributed by atoms with Crippen molar-refractivity contribution < 1.29 is 4.74 Å². The number of benzene rings is 1. The Labute approximate surface area is 166 Å². The lowest BCUT2D eigenvalue weighted by atomic mass is 10.2. The number of rotatable bonds is 7. The molecule has 0 aliphatic rings. The second-order valence-corrected chi connectivity index (χ2v) is 6.62. The molecule has 0 N–H and O–H groups in total. The van der Waals surface area contributed by atoms with Crippen LogP contribution in [0.25, 0.3) is 12.2 Å². The molecule has 25 heavy (non-hydrogen) atoms. The Morgan fingerprint density at radius 3 is 2.40 bits per heavy atom. The van der Waals surface area contributed by atoms with E-state index in [1.807, 2.05) is 49.4 Å². The minimum atomic E-state index is 0. The lowest BCUT2D eigenvalue weighted by Crippen LogP contribution is -2.15. The maximum atomic E-state index is 6.21. The largest absolute Gasteiger partial charge is 0.491 e. The summed E-state index contributed by atoms with van der Waals surface area (Å²) < 4.78 is 5.89.